The van der Waals surface area contributed by atoms with Crippen molar-refractivity contribution in [2.45, 2.75) is 6.92 Å². The van der Waals surface area contributed by atoms with Crippen LogP contribution in [-0.2, 0) is 0 Å². The summed E-state index contributed by atoms with van der Waals surface area (Å²) < 4.78 is 16.6. The van der Waals surface area contributed by atoms with E-state index in [0.717, 1.165) is 6.07 Å². The van der Waals surface area contributed by atoms with Crippen molar-refractivity contribution in [3.05, 3.63) is 104 Å². The number of aromatic nitrogens is 1. The lowest BCUT2D eigenvalue weighted by Crippen LogP contribution is -2.26. The van der Waals surface area contributed by atoms with E-state index in [1.807, 2.05) is 6.07 Å². The van der Waals surface area contributed by atoms with E-state index in [0.29, 0.717) is 26.6 Å². The highest BCUT2D eigenvalue weighted by atomic mass is 79.9. The van der Waals surface area contributed by atoms with Gasteiger partial charge in [-0.1, -0.05) is 34.1 Å². The number of fused-ring (bicyclic) bond motifs is 1. The first-order valence-corrected chi connectivity index (χ1v) is 10.7. The number of nitrogens with one attached hydrogen (secondary N) is 1. The van der Waals surface area contributed by atoms with Crippen LogP contribution in [0, 0.1) is 12.7 Å². The number of rotatable bonds is 4. The summed E-state index contributed by atoms with van der Waals surface area (Å²) in [5.41, 5.74) is 0.815. The number of carbonyl (C=O) groups is 2. The second kappa shape index (κ2) is 8.68. The Morgan fingerprint density at radius 3 is 2.38 bits per heavy atom. The van der Waals surface area contributed by atoms with Gasteiger partial charge in [-0.25, -0.2) is 4.39 Å². The van der Waals surface area contributed by atoms with Crippen LogP contribution in [-0.4, -0.2) is 15.7 Å². The Bertz CT molecular complexity index is 1450. The van der Waals surface area contributed by atoms with Crippen LogP contribution in [0.5, 0.6) is 0 Å². The molecule has 3 aromatic carbocycles. The summed E-state index contributed by atoms with van der Waals surface area (Å²) >= 11 is 8.77. The second-order valence-electron chi connectivity index (χ2n) is 7.05. The number of hydrogen-bond acceptors (Lipinski definition) is 3. The molecule has 32 heavy (non-hydrogen) atoms. The molecule has 0 aliphatic carbocycles. The van der Waals surface area contributed by atoms with Gasteiger partial charge in [-0.2, -0.15) is 0 Å². The summed E-state index contributed by atoms with van der Waals surface area (Å²) in [6.45, 7) is 1.66. The molecule has 1 N–H and O–H groups in total. The first kappa shape index (κ1) is 21.9. The fourth-order valence-electron chi connectivity index (χ4n) is 3.59. The molecule has 0 saturated heterocycles. The van der Waals surface area contributed by atoms with Crippen molar-refractivity contribution in [2.75, 3.05) is 5.32 Å². The normalized spacial score (nSPS) is 10.9. The number of carbonyl (C=O) groups excluding carboxylic acids is 2. The summed E-state index contributed by atoms with van der Waals surface area (Å²) in [4.78, 5) is 37.8. The van der Waals surface area contributed by atoms with Crippen LogP contribution in [0.25, 0.3) is 16.5 Å². The van der Waals surface area contributed by atoms with Crippen LogP contribution < -0.4 is 10.9 Å². The van der Waals surface area contributed by atoms with Crippen molar-refractivity contribution in [3.63, 3.8) is 0 Å². The lowest BCUT2D eigenvalue weighted by Gasteiger charge is -2.17. The lowest BCUT2D eigenvalue weighted by atomic mass is 10.0. The van der Waals surface area contributed by atoms with Crippen LogP contribution in [0.15, 0.2) is 76.0 Å². The van der Waals surface area contributed by atoms with Gasteiger partial charge in [0.15, 0.2) is 0 Å². The third kappa shape index (κ3) is 3.97. The molecule has 0 fully saturated rings. The standard InChI is InChI=1S/C24H15BrClFN2O3/c1-13-21(23(31)28-20-10-7-14(22(26)30)11-19(20)27)18-12-15(25)8-9-17(18)24(32)29(13)16-5-3-2-4-6-16/h2-12H,1H3,(H,28,31). The number of hydrogen-bond donors (Lipinski definition) is 1. The quantitative estimate of drug-likeness (QED) is 0.349. The molecule has 1 aromatic heterocycles. The van der Waals surface area contributed by atoms with Gasteiger partial charge in [0.05, 0.1) is 11.3 Å². The molecular weight excluding hydrogens is 499 g/mol. The summed E-state index contributed by atoms with van der Waals surface area (Å²) in [6, 6.07) is 17.5. The highest BCUT2D eigenvalue weighted by molar-refractivity contribution is 9.10. The highest BCUT2D eigenvalue weighted by Gasteiger charge is 2.21. The van der Waals surface area contributed by atoms with Crippen LogP contribution in [0.1, 0.15) is 26.4 Å². The molecular formula is C24H15BrClFN2O3. The number of amides is 1. The number of anilines is 1. The van der Waals surface area contributed by atoms with Crippen molar-refractivity contribution in [1.29, 1.82) is 0 Å². The predicted octanol–water partition coefficient (Wildman–Crippen LogP) is 5.83. The molecule has 160 valence electrons. The Hall–Kier alpha value is -3.29. The molecule has 0 aliphatic rings. The van der Waals surface area contributed by atoms with Crippen LogP contribution in [0.4, 0.5) is 10.1 Å². The van der Waals surface area contributed by atoms with Crippen molar-refractivity contribution < 1.29 is 14.0 Å². The van der Waals surface area contributed by atoms with E-state index in [9.17, 15) is 18.8 Å². The van der Waals surface area contributed by atoms with E-state index in [4.69, 9.17) is 11.6 Å². The maximum absolute atomic E-state index is 14.5. The number of halogens is 3. The van der Waals surface area contributed by atoms with Gasteiger partial charge >= 0.3 is 0 Å². The van der Waals surface area contributed by atoms with Crippen molar-refractivity contribution in [1.82, 2.24) is 4.57 Å². The summed E-state index contributed by atoms with van der Waals surface area (Å²) in [5, 5.41) is 2.52. The maximum atomic E-state index is 14.5. The topological polar surface area (TPSA) is 68.2 Å². The molecule has 0 bridgehead atoms. The summed E-state index contributed by atoms with van der Waals surface area (Å²) in [7, 11) is 0. The van der Waals surface area contributed by atoms with E-state index in [1.165, 1.54) is 16.7 Å². The van der Waals surface area contributed by atoms with E-state index >= 15 is 0 Å². The first-order valence-electron chi connectivity index (χ1n) is 9.49. The molecule has 1 amide bonds. The Labute approximate surface area is 195 Å². The van der Waals surface area contributed by atoms with Gasteiger partial charge in [0.2, 0.25) is 0 Å². The zero-order valence-electron chi connectivity index (χ0n) is 16.7. The van der Waals surface area contributed by atoms with E-state index in [2.05, 4.69) is 21.2 Å². The maximum Gasteiger partial charge on any atom is 0.263 e. The van der Waals surface area contributed by atoms with Gasteiger partial charge in [0.1, 0.15) is 5.82 Å². The third-order valence-corrected chi connectivity index (χ3v) is 5.78. The van der Waals surface area contributed by atoms with Gasteiger partial charge in [-0.05, 0) is 67.1 Å². The fraction of sp³-hybridized carbons (Fsp3) is 0.0417. The highest BCUT2D eigenvalue weighted by Crippen LogP contribution is 2.27. The summed E-state index contributed by atoms with van der Waals surface area (Å²) in [5.74, 6) is -1.40. The molecule has 0 unspecified atom stereocenters. The molecule has 8 heteroatoms. The van der Waals surface area contributed by atoms with Gasteiger partial charge in [0, 0.05) is 32.2 Å². The number of nitrogens with zero attached hydrogens (tertiary/aromatic N) is 1. The summed E-state index contributed by atoms with van der Waals surface area (Å²) in [6.07, 6.45) is 0. The smallest absolute Gasteiger partial charge is 0.263 e. The molecule has 4 rings (SSSR count). The fourth-order valence-corrected chi connectivity index (χ4v) is 4.07. The molecule has 0 saturated carbocycles. The lowest BCUT2D eigenvalue weighted by molar-refractivity contribution is 0.102. The minimum absolute atomic E-state index is 0.0228. The predicted molar refractivity (Wildman–Crippen MR) is 127 cm³/mol. The average molecular weight is 514 g/mol. The Kier molecular flexibility index (Phi) is 5.95. The molecule has 0 radical (unpaired) electrons. The van der Waals surface area contributed by atoms with Crippen LogP contribution in [0.3, 0.4) is 0 Å². The van der Waals surface area contributed by atoms with Crippen molar-refractivity contribution >= 4 is 55.1 Å². The van der Waals surface area contributed by atoms with Gasteiger partial charge < -0.3 is 5.32 Å². The molecule has 5 nitrogen and oxygen atoms in total. The minimum atomic E-state index is -0.802. The van der Waals surface area contributed by atoms with Gasteiger partial charge in [-0.3, -0.25) is 19.0 Å². The van der Waals surface area contributed by atoms with E-state index in [-0.39, 0.29) is 22.4 Å². The molecule has 1 heterocycles. The van der Waals surface area contributed by atoms with Crippen LogP contribution >= 0.6 is 27.5 Å². The van der Waals surface area contributed by atoms with Crippen molar-refractivity contribution in [2.24, 2.45) is 0 Å². The number of pyridine rings is 1. The van der Waals surface area contributed by atoms with Gasteiger partial charge in [0.25, 0.3) is 16.7 Å². The molecule has 0 spiro atoms. The average Bonchev–Trinajstić information content (AvgIpc) is 2.75. The zero-order valence-corrected chi connectivity index (χ0v) is 19.0. The Morgan fingerprint density at radius 1 is 1.00 bits per heavy atom. The third-order valence-electron chi connectivity index (χ3n) is 5.07. The molecule has 0 aliphatic heterocycles. The number of benzene rings is 3. The molecule has 4 aromatic rings. The van der Waals surface area contributed by atoms with E-state index < -0.39 is 17.0 Å². The minimum Gasteiger partial charge on any atom is -0.319 e. The van der Waals surface area contributed by atoms with E-state index in [1.54, 1.807) is 49.4 Å². The largest absolute Gasteiger partial charge is 0.319 e. The SMILES string of the molecule is Cc1c(C(=O)Nc2ccc(C(=O)Cl)cc2F)c2cc(Br)ccc2c(=O)n1-c1ccccc1. The monoisotopic (exact) mass is 512 g/mol. The number of para-hydroxylation sites is 1. The Balaban J connectivity index is 1.91. The van der Waals surface area contributed by atoms with Gasteiger partial charge in [-0.15, -0.1) is 0 Å². The first-order chi connectivity index (χ1) is 15.3. The molecule has 0 atom stereocenters. The van der Waals surface area contributed by atoms with Crippen LogP contribution in [0.2, 0.25) is 0 Å². The Morgan fingerprint density at radius 2 is 1.72 bits per heavy atom. The zero-order chi connectivity index (χ0) is 23.0. The second-order valence-corrected chi connectivity index (χ2v) is 8.31. The van der Waals surface area contributed by atoms with Crippen molar-refractivity contribution in [3.8, 4) is 5.69 Å².